The number of nitrogens with one attached hydrogen (secondary N) is 1. The molecule has 3 aromatic carbocycles. The van der Waals surface area contributed by atoms with Gasteiger partial charge in [0.15, 0.2) is 0 Å². The van der Waals surface area contributed by atoms with Crippen LogP contribution in [-0.4, -0.2) is 85.1 Å². The third-order valence-corrected chi connectivity index (χ3v) is 8.97. The van der Waals surface area contributed by atoms with E-state index in [1.54, 1.807) is 29.6 Å². The maximum absolute atomic E-state index is 13.1. The van der Waals surface area contributed by atoms with Gasteiger partial charge in [-0.05, 0) is 42.0 Å². The Morgan fingerprint density at radius 2 is 1.81 bits per heavy atom. The molecule has 1 aromatic heterocycles. The van der Waals surface area contributed by atoms with Crippen molar-refractivity contribution in [1.82, 2.24) is 19.8 Å². The number of aromatic nitrogens is 2. The second kappa shape index (κ2) is 15.3. The molecule has 2 aliphatic rings. The number of methoxy groups -OCH3 is 1. The molecule has 1 N–H and O–H groups in total. The maximum Gasteiger partial charge on any atom is 0.328 e. The molecule has 0 unspecified atom stereocenters. The molecule has 6 rings (SSSR count). The van der Waals surface area contributed by atoms with Crippen LogP contribution in [0.25, 0.3) is 0 Å². The minimum absolute atomic E-state index is 0.279. The highest BCUT2D eigenvalue weighted by atomic mass is 35.5. The van der Waals surface area contributed by atoms with Crippen LogP contribution in [0.3, 0.4) is 0 Å². The molecular formula is C35H37Cl2N5O6. The Morgan fingerprint density at radius 1 is 1.04 bits per heavy atom. The van der Waals surface area contributed by atoms with E-state index in [0.29, 0.717) is 67.1 Å². The first-order valence-corrected chi connectivity index (χ1v) is 16.5. The summed E-state index contributed by atoms with van der Waals surface area (Å²) in [5, 5.41) is 3.84. The van der Waals surface area contributed by atoms with Crippen molar-refractivity contribution in [2.45, 2.75) is 30.9 Å². The van der Waals surface area contributed by atoms with Crippen LogP contribution in [0.2, 0.25) is 10.0 Å². The van der Waals surface area contributed by atoms with Crippen LogP contribution in [-0.2, 0) is 37.8 Å². The Hall–Kier alpha value is -4.29. The number of rotatable bonds is 11. The third kappa shape index (κ3) is 8.04. The lowest BCUT2D eigenvalue weighted by atomic mass is 10.1. The number of piperazine rings is 1. The third-order valence-electron chi connectivity index (χ3n) is 8.42. The normalized spacial score (nSPS) is 19.9. The average Bonchev–Trinajstić information content (AvgIpc) is 3.78. The number of halogens is 2. The SMILES string of the molecule is COC(=O)[C@H](Cc1ccccc1)NC(=O)N1CCN(c2ccc(OC[C@@H]3CO[C@@](Cn4ccnc4)(c4ccc(Cl)cc4Cl)O3)cc2)CC1. The molecule has 0 spiro atoms. The zero-order valence-corrected chi connectivity index (χ0v) is 28.0. The van der Waals surface area contributed by atoms with E-state index in [1.807, 2.05) is 71.4 Å². The number of urea groups is 1. The summed E-state index contributed by atoms with van der Waals surface area (Å²) in [5.74, 6) is -0.897. The number of hydrogen-bond acceptors (Lipinski definition) is 8. The molecule has 2 aliphatic heterocycles. The number of carbonyl (C=O) groups excluding carboxylic acids is 2. The number of amides is 2. The van der Waals surface area contributed by atoms with Gasteiger partial charge in [0.1, 0.15) is 24.5 Å². The molecule has 4 aromatic rings. The van der Waals surface area contributed by atoms with Gasteiger partial charge in [0, 0.05) is 61.3 Å². The molecule has 2 amide bonds. The van der Waals surface area contributed by atoms with Crippen LogP contribution < -0.4 is 15.0 Å². The average molecular weight is 695 g/mol. The molecule has 0 saturated carbocycles. The first kappa shape index (κ1) is 33.6. The van der Waals surface area contributed by atoms with Crippen molar-refractivity contribution >= 4 is 40.9 Å². The minimum atomic E-state index is -1.12. The molecule has 13 heteroatoms. The summed E-state index contributed by atoms with van der Waals surface area (Å²) in [6.07, 6.45) is 5.25. The molecule has 0 aliphatic carbocycles. The van der Waals surface area contributed by atoms with Gasteiger partial charge in [-0.2, -0.15) is 0 Å². The number of hydrogen-bond donors (Lipinski definition) is 1. The van der Waals surface area contributed by atoms with Gasteiger partial charge >= 0.3 is 12.0 Å². The highest BCUT2D eigenvalue weighted by Gasteiger charge is 2.45. The topological polar surface area (TPSA) is 107 Å². The molecule has 48 heavy (non-hydrogen) atoms. The molecule has 3 atom stereocenters. The molecule has 252 valence electrons. The first-order chi connectivity index (χ1) is 23.3. The van der Waals surface area contributed by atoms with E-state index in [-0.39, 0.29) is 18.7 Å². The summed E-state index contributed by atoms with van der Waals surface area (Å²) in [4.78, 5) is 33.5. The predicted molar refractivity (Wildman–Crippen MR) is 181 cm³/mol. The highest BCUT2D eigenvalue weighted by molar-refractivity contribution is 6.35. The zero-order chi connectivity index (χ0) is 33.5. The van der Waals surface area contributed by atoms with Gasteiger partial charge in [-0.3, -0.25) is 0 Å². The molecule has 0 radical (unpaired) electrons. The van der Waals surface area contributed by atoms with E-state index >= 15 is 0 Å². The lowest BCUT2D eigenvalue weighted by Crippen LogP contribution is -2.55. The summed E-state index contributed by atoms with van der Waals surface area (Å²) in [5.41, 5.74) is 2.65. The van der Waals surface area contributed by atoms with E-state index < -0.39 is 17.8 Å². The van der Waals surface area contributed by atoms with Crippen molar-refractivity contribution in [1.29, 1.82) is 0 Å². The van der Waals surface area contributed by atoms with Gasteiger partial charge < -0.3 is 38.6 Å². The van der Waals surface area contributed by atoms with E-state index in [1.165, 1.54) is 7.11 Å². The number of esters is 1. The smallest absolute Gasteiger partial charge is 0.328 e. The molecule has 2 saturated heterocycles. The molecule has 11 nitrogen and oxygen atoms in total. The summed E-state index contributed by atoms with van der Waals surface area (Å²) in [7, 11) is 1.33. The number of carbonyl (C=O) groups is 2. The zero-order valence-electron chi connectivity index (χ0n) is 26.5. The van der Waals surface area contributed by atoms with Crippen LogP contribution in [0.1, 0.15) is 11.1 Å². The van der Waals surface area contributed by atoms with Crippen molar-refractivity contribution in [2.75, 3.05) is 51.4 Å². The van der Waals surface area contributed by atoms with E-state index in [2.05, 4.69) is 15.2 Å². The largest absolute Gasteiger partial charge is 0.491 e. The van der Waals surface area contributed by atoms with E-state index in [9.17, 15) is 9.59 Å². The fourth-order valence-electron chi connectivity index (χ4n) is 5.91. The van der Waals surface area contributed by atoms with Crippen LogP contribution in [0.15, 0.2) is 91.5 Å². The molecule has 0 bridgehead atoms. The second-order valence-corrected chi connectivity index (χ2v) is 12.5. The Balaban J connectivity index is 1.00. The Bertz CT molecular complexity index is 1670. The predicted octanol–water partition coefficient (Wildman–Crippen LogP) is 5.15. The van der Waals surface area contributed by atoms with Crippen LogP contribution in [0.5, 0.6) is 5.75 Å². The standard InChI is InChI=1S/C35H37Cl2N5O6/c1-45-33(43)32(19-25-5-3-2-4-6-25)39-34(44)42-17-15-41(16-18-42)27-8-10-28(11-9-27)46-21-29-22-47-35(48-29,23-40-14-13-38-24-40)30-12-7-26(36)20-31(30)37/h2-14,20,24,29,32H,15-19,21-23H2,1H3,(H,39,44)/t29-,32+,35-/m1/s1. The fourth-order valence-corrected chi connectivity index (χ4v) is 6.46. The highest BCUT2D eigenvalue weighted by Crippen LogP contribution is 2.40. The molecule has 2 fully saturated rings. The summed E-state index contributed by atoms with van der Waals surface area (Å²) in [6.45, 7) is 3.27. The van der Waals surface area contributed by atoms with E-state index in [4.69, 9.17) is 42.1 Å². The van der Waals surface area contributed by atoms with Crippen molar-refractivity contribution in [2.24, 2.45) is 0 Å². The Labute approximate surface area is 289 Å². The minimum Gasteiger partial charge on any atom is -0.491 e. The number of anilines is 1. The lowest BCUT2D eigenvalue weighted by molar-refractivity contribution is -0.189. The van der Waals surface area contributed by atoms with Crippen molar-refractivity contribution in [3.8, 4) is 5.75 Å². The van der Waals surface area contributed by atoms with Gasteiger partial charge in [0.2, 0.25) is 5.79 Å². The lowest BCUT2D eigenvalue weighted by Gasteiger charge is -2.36. The van der Waals surface area contributed by atoms with Crippen LogP contribution >= 0.6 is 23.2 Å². The van der Waals surface area contributed by atoms with Gasteiger partial charge in [0.25, 0.3) is 0 Å². The van der Waals surface area contributed by atoms with Crippen LogP contribution in [0, 0.1) is 0 Å². The Kier molecular flexibility index (Phi) is 10.7. The fraction of sp³-hybridized carbons (Fsp3) is 0.343. The van der Waals surface area contributed by atoms with Gasteiger partial charge in [-0.25, -0.2) is 14.6 Å². The number of benzene rings is 3. The van der Waals surface area contributed by atoms with Crippen molar-refractivity contribution < 1.29 is 28.5 Å². The van der Waals surface area contributed by atoms with Crippen molar-refractivity contribution in [3.63, 3.8) is 0 Å². The number of imidazole rings is 1. The van der Waals surface area contributed by atoms with Crippen LogP contribution in [0.4, 0.5) is 10.5 Å². The second-order valence-electron chi connectivity index (χ2n) is 11.7. The Morgan fingerprint density at radius 3 is 2.50 bits per heavy atom. The van der Waals surface area contributed by atoms with Gasteiger partial charge in [-0.1, -0.05) is 59.6 Å². The summed E-state index contributed by atoms with van der Waals surface area (Å²) >= 11 is 12.7. The van der Waals surface area contributed by atoms with Crippen molar-refractivity contribution in [3.05, 3.63) is 113 Å². The summed E-state index contributed by atoms with van der Waals surface area (Å²) in [6, 6.07) is 21.6. The monoisotopic (exact) mass is 693 g/mol. The summed E-state index contributed by atoms with van der Waals surface area (Å²) < 4.78 is 25.7. The quantitative estimate of drug-likeness (QED) is 0.215. The van der Waals surface area contributed by atoms with Gasteiger partial charge in [0.05, 0.1) is 31.6 Å². The molecule has 3 heterocycles. The molecular weight excluding hydrogens is 657 g/mol. The number of nitrogens with zero attached hydrogens (tertiary/aromatic N) is 4. The maximum atomic E-state index is 13.1. The van der Waals surface area contributed by atoms with Gasteiger partial charge in [-0.15, -0.1) is 0 Å². The van der Waals surface area contributed by atoms with E-state index in [0.717, 1.165) is 11.3 Å². The number of ether oxygens (including phenoxy) is 4. The first-order valence-electron chi connectivity index (χ1n) is 15.7.